The van der Waals surface area contributed by atoms with Crippen molar-refractivity contribution in [3.05, 3.63) is 83.3 Å². The van der Waals surface area contributed by atoms with Crippen LogP contribution in [0.15, 0.2) is 60.9 Å². The maximum absolute atomic E-state index is 12.2. The number of nitriles is 1. The van der Waals surface area contributed by atoms with Crippen LogP contribution in [0.4, 0.5) is 11.5 Å². The van der Waals surface area contributed by atoms with Crippen molar-refractivity contribution in [2.75, 3.05) is 5.32 Å². The zero-order chi connectivity index (χ0) is 18.4. The summed E-state index contributed by atoms with van der Waals surface area (Å²) in [5, 5.41) is 14.7. The van der Waals surface area contributed by atoms with Gasteiger partial charge in [-0.3, -0.25) is 4.79 Å². The van der Waals surface area contributed by atoms with Crippen molar-refractivity contribution in [2.24, 2.45) is 0 Å². The standard InChI is InChI=1S/C20H17N5O/c1-14-4-2-3-5-16(14)11-24-20(26)18-12-23-19(13-22-18)25-17-8-6-15(10-21)7-9-17/h2-9,12-13H,11H2,1H3,(H,23,25)(H,24,26). The molecule has 1 aromatic heterocycles. The van der Waals surface area contributed by atoms with Gasteiger partial charge in [0, 0.05) is 12.2 Å². The summed E-state index contributed by atoms with van der Waals surface area (Å²) in [5.74, 6) is 0.246. The van der Waals surface area contributed by atoms with Gasteiger partial charge in [0.05, 0.1) is 24.0 Å². The van der Waals surface area contributed by atoms with E-state index in [0.717, 1.165) is 16.8 Å². The van der Waals surface area contributed by atoms with E-state index in [0.29, 0.717) is 17.9 Å². The third-order valence-electron chi connectivity index (χ3n) is 3.87. The molecule has 0 atom stereocenters. The van der Waals surface area contributed by atoms with E-state index in [2.05, 4.69) is 26.7 Å². The van der Waals surface area contributed by atoms with Gasteiger partial charge in [0.1, 0.15) is 11.5 Å². The lowest BCUT2D eigenvalue weighted by atomic mass is 10.1. The molecule has 0 spiro atoms. The van der Waals surface area contributed by atoms with Crippen molar-refractivity contribution in [3.63, 3.8) is 0 Å². The molecular weight excluding hydrogens is 326 g/mol. The molecule has 0 aliphatic rings. The van der Waals surface area contributed by atoms with Crippen LogP contribution in [0, 0.1) is 18.3 Å². The Bertz CT molecular complexity index is 943. The predicted octanol–water partition coefficient (Wildman–Crippen LogP) is 3.33. The molecule has 6 nitrogen and oxygen atoms in total. The monoisotopic (exact) mass is 343 g/mol. The maximum atomic E-state index is 12.2. The zero-order valence-electron chi connectivity index (χ0n) is 14.2. The smallest absolute Gasteiger partial charge is 0.271 e. The average Bonchev–Trinajstić information content (AvgIpc) is 2.68. The Labute approximate surface area is 151 Å². The molecule has 1 heterocycles. The number of aromatic nitrogens is 2. The highest BCUT2D eigenvalue weighted by Crippen LogP contribution is 2.14. The molecular formula is C20H17N5O. The fourth-order valence-electron chi connectivity index (χ4n) is 2.36. The van der Waals surface area contributed by atoms with Crippen LogP contribution in [0.3, 0.4) is 0 Å². The number of rotatable bonds is 5. The molecule has 0 fully saturated rings. The molecule has 128 valence electrons. The number of amides is 1. The summed E-state index contributed by atoms with van der Waals surface area (Å²) in [6, 6.07) is 16.9. The topological polar surface area (TPSA) is 90.7 Å². The molecule has 0 unspecified atom stereocenters. The first-order chi connectivity index (χ1) is 12.7. The lowest BCUT2D eigenvalue weighted by Gasteiger charge is -2.08. The van der Waals surface area contributed by atoms with Crippen LogP contribution in [-0.4, -0.2) is 15.9 Å². The van der Waals surface area contributed by atoms with E-state index in [-0.39, 0.29) is 11.6 Å². The SMILES string of the molecule is Cc1ccccc1CNC(=O)c1cnc(Nc2ccc(C#N)cc2)cn1. The predicted molar refractivity (Wildman–Crippen MR) is 98.8 cm³/mol. The van der Waals surface area contributed by atoms with Gasteiger partial charge in [-0.15, -0.1) is 0 Å². The van der Waals surface area contributed by atoms with Crippen molar-refractivity contribution in [1.29, 1.82) is 5.26 Å². The molecule has 1 amide bonds. The Balaban J connectivity index is 1.60. The fraction of sp³-hybridized carbons (Fsp3) is 0.100. The van der Waals surface area contributed by atoms with Crippen LogP contribution in [0.5, 0.6) is 0 Å². The Morgan fingerprint density at radius 2 is 1.85 bits per heavy atom. The van der Waals surface area contributed by atoms with E-state index >= 15 is 0 Å². The van der Waals surface area contributed by atoms with Gasteiger partial charge in [0.25, 0.3) is 5.91 Å². The second-order valence-electron chi connectivity index (χ2n) is 5.71. The molecule has 0 aliphatic carbocycles. The first kappa shape index (κ1) is 17.1. The number of benzene rings is 2. The van der Waals surface area contributed by atoms with Crippen LogP contribution < -0.4 is 10.6 Å². The number of nitrogens with one attached hydrogen (secondary N) is 2. The number of nitrogens with zero attached hydrogens (tertiary/aromatic N) is 3. The lowest BCUT2D eigenvalue weighted by molar-refractivity contribution is 0.0945. The summed E-state index contributed by atoms with van der Waals surface area (Å²) < 4.78 is 0. The normalized spacial score (nSPS) is 10.0. The zero-order valence-corrected chi connectivity index (χ0v) is 14.2. The Morgan fingerprint density at radius 3 is 2.50 bits per heavy atom. The molecule has 0 saturated carbocycles. The fourth-order valence-corrected chi connectivity index (χ4v) is 2.36. The average molecular weight is 343 g/mol. The third-order valence-corrected chi connectivity index (χ3v) is 3.87. The number of aryl methyl sites for hydroxylation is 1. The second kappa shape index (κ2) is 7.90. The van der Waals surface area contributed by atoms with Gasteiger partial charge in [-0.25, -0.2) is 9.97 Å². The van der Waals surface area contributed by atoms with Crippen molar-refractivity contribution in [2.45, 2.75) is 13.5 Å². The third kappa shape index (κ3) is 4.22. The molecule has 0 bridgehead atoms. The Kier molecular flexibility index (Phi) is 5.20. The van der Waals surface area contributed by atoms with Crippen LogP contribution in [0.1, 0.15) is 27.2 Å². The number of hydrogen-bond acceptors (Lipinski definition) is 5. The summed E-state index contributed by atoms with van der Waals surface area (Å²) in [6.07, 6.45) is 2.93. The van der Waals surface area contributed by atoms with Crippen molar-refractivity contribution in [3.8, 4) is 6.07 Å². The summed E-state index contributed by atoms with van der Waals surface area (Å²) in [5.41, 5.74) is 3.81. The van der Waals surface area contributed by atoms with Gasteiger partial charge in [0.15, 0.2) is 0 Å². The highest BCUT2D eigenvalue weighted by molar-refractivity contribution is 5.92. The van der Waals surface area contributed by atoms with E-state index in [9.17, 15) is 4.79 Å². The van der Waals surface area contributed by atoms with Gasteiger partial charge in [-0.2, -0.15) is 5.26 Å². The van der Waals surface area contributed by atoms with E-state index in [1.807, 2.05) is 31.2 Å². The van der Waals surface area contributed by atoms with Crippen molar-refractivity contribution < 1.29 is 4.79 Å². The minimum absolute atomic E-state index is 0.254. The lowest BCUT2D eigenvalue weighted by Crippen LogP contribution is -2.24. The quantitative estimate of drug-likeness (QED) is 0.741. The van der Waals surface area contributed by atoms with E-state index < -0.39 is 0 Å². The molecule has 2 aromatic carbocycles. The van der Waals surface area contributed by atoms with Gasteiger partial charge < -0.3 is 10.6 Å². The van der Waals surface area contributed by atoms with E-state index in [1.165, 1.54) is 12.4 Å². The van der Waals surface area contributed by atoms with Gasteiger partial charge in [-0.05, 0) is 42.3 Å². The molecule has 3 rings (SSSR count). The van der Waals surface area contributed by atoms with Crippen molar-refractivity contribution in [1.82, 2.24) is 15.3 Å². The summed E-state index contributed by atoms with van der Waals surface area (Å²) in [4.78, 5) is 20.6. The minimum atomic E-state index is -0.273. The number of carbonyl (C=O) groups is 1. The Hall–Kier alpha value is -3.72. The van der Waals surface area contributed by atoms with E-state index in [4.69, 9.17) is 5.26 Å². The second-order valence-corrected chi connectivity index (χ2v) is 5.71. The highest BCUT2D eigenvalue weighted by Gasteiger charge is 2.08. The molecule has 6 heteroatoms. The van der Waals surface area contributed by atoms with Crippen molar-refractivity contribution >= 4 is 17.4 Å². The number of carbonyl (C=O) groups excluding carboxylic acids is 1. The number of hydrogen-bond donors (Lipinski definition) is 2. The van der Waals surface area contributed by atoms with Gasteiger partial charge in [0.2, 0.25) is 0 Å². The van der Waals surface area contributed by atoms with E-state index in [1.54, 1.807) is 24.3 Å². The number of anilines is 2. The summed E-state index contributed by atoms with van der Waals surface area (Å²) in [6.45, 7) is 2.45. The Morgan fingerprint density at radius 1 is 1.08 bits per heavy atom. The largest absolute Gasteiger partial charge is 0.347 e. The van der Waals surface area contributed by atoms with Crippen LogP contribution >= 0.6 is 0 Å². The molecule has 3 aromatic rings. The van der Waals surface area contributed by atoms with Crippen LogP contribution in [0.25, 0.3) is 0 Å². The van der Waals surface area contributed by atoms with Crippen LogP contribution in [-0.2, 0) is 6.54 Å². The molecule has 0 aliphatic heterocycles. The summed E-state index contributed by atoms with van der Waals surface area (Å²) >= 11 is 0. The van der Waals surface area contributed by atoms with Gasteiger partial charge in [-0.1, -0.05) is 24.3 Å². The first-order valence-corrected chi connectivity index (χ1v) is 8.07. The van der Waals surface area contributed by atoms with Crippen LogP contribution in [0.2, 0.25) is 0 Å². The minimum Gasteiger partial charge on any atom is -0.347 e. The summed E-state index contributed by atoms with van der Waals surface area (Å²) in [7, 11) is 0. The molecule has 26 heavy (non-hydrogen) atoms. The molecule has 2 N–H and O–H groups in total. The molecule has 0 saturated heterocycles. The molecule has 0 radical (unpaired) electrons. The first-order valence-electron chi connectivity index (χ1n) is 8.07. The van der Waals surface area contributed by atoms with Gasteiger partial charge >= 0.3 is 0 Å². The highest BCUT2D eigenvalue weighted by atomic mass is 16.1. The maximum Gasteiger partial charge on any atom is 0.271 e.